The van der Waals surface area contributed by atoms with E-state index in [-0.39, 0.29) is 0 Å². The quantitative estimate of drug-likeness (QED) is 0.795. The van der Waals surface area contributed by atoms with Gasteiger partial charge in [-0.3, -0.25) is 0 Å². The molecule has 0 bridgehead atoms. The van der Waals surface area contributed by atoms with Gasteiger partial charge in [0.15, 0.2) is 0 Å². The van der Waals surface area contributed by atoms with Crippen molar-refractivity contribution in [2.45, 2.75) is 26.3 Å². The second-order valence-electron chi connectivity index (χ2n) is 4.17. The highest BCUT2D eigenvalue weighted by Crippen LogP contribution is 2.19. The number of aryl methyl sites for hydroxylation is 1. The molecule has 0 aliphatic heterocycles. The fourth-order valence-corrected chi connectivity index (χ4v) is 1.86. The zero-order valence-electron chi connectivity index (χ0n) is 10.7. The summed E-state index contributed by atoms with van der Waals surface area (Å²) in [7, 11) is 0. The number of nitrogens with zero attached hydrogens (tertiary/aromatic N) is 2. The van der Waals surface area contributed by atoms with Gasteiger partial charge >= 0.3 is 0 Å². The number of hydrogen-bond acceptors (Lipinski definition) is 3. The Morgan fingerprint density at radius 2 is 2.17 bits per heavy atom. The maximum absolute atomic E-state index is 5.81. The predicted molar refractivity (Wildman–Crippen MR) is 72.6 cm³/mol. The van der Waals surface area contributed by atoms with Gasteiger partial charge in [0.05, 0.1) is 12.2 Å². The minimum Gasteiger partial charge on any atom is -0.490 e. The average molecular weight is 245 g/mol. The van der Waals surface area contributed by atoms with Gasteiger partial charge in [0.1, 0.15) is 18.2 Å². The Balaban J connectivity index is 1.88. The van der Waals surface area contributed by atoms with Crippen LogP contribution in [0.2, 0.25) is 0 Å². The number of hydrogen-bond donors (Lipinski definition) is 1. The van der Waals surface area contributed by atoms with Gasteiger partial charge < -0.3 is 15.0 Å². The van der Waals surface area contributed by atoms with Crippen LogP contribution in [0.25, 0.3) is 0 Å². The van der Waals surface area contributed by atoms with E-state index in [0.29, 0.717) is 12.3 Å². The highest BCUT2D eigenvalue weighted by molar-refractivity contribution is 5.51. The zero-order chi connectivity index (χ0) is 12.8. The molecule has 0 saturated heterocycles. The molecule has 1 aromatic carbocycles. The Morgan fingerprint density at radius 3 is 2.94 bits per heavy atom. The SMILES string of the molecule is CCCc1nccn1CCOc1ccccc1N. The van der Waals surface area contributed by atoms with Crippen LogP contribution in [0.5, 0.6) is 5.75 Å². The lowest BCUT2D eigenvalue weighted by Crippen LogP contribution is -2.11. The summed E-state index contributed by atoms with van der Waals surface area (Å²) in [6, 6.07) is 7.55. The minimum absolute atomic E-state index is 0.598. The van der Waals surface area contributed by atoms with Gasteiger partial charge in [-0.25, -0.2) is 4.98 Å². The highest BCUT2D eigenvalue weighted by Gasteiger charge is 2.02. The molecule has 0 amide bonds. The third-order valence-corrected chi connectivity index (χ3v) is 2.78. The molecule has 1 aromatic heterocycles. The van der Waals surface area contributed by atoms with Gasteiger partial charge in [0.25, 0.3) is 0 Å². The van der Waals surface area contributed by atoms with Crippen LogP contribution in [0.1, 0.15) is 19.2 Å². The van der Waals surface area contributed by atoms with Crippen molar-refractivity contribution in [1.29, 1.82) is 0 Å². The van der Waals surface area contributed by atoms with Crippen LogP contribution in [-0.4, -0.2) is 16.2 Å². The Morgan fingerprint density at radius 1 is 1.33 bits per heavy atom. The summed E-state index contributed by atoms with van der Waals surface area (Å²) in [5.74, 6) is 1.86. The fraction of sp³-hybridized carbons (Fsp3) is 0.357. The van der Waals surface area contributed by atoms with Crippen molar-refractivity contribution in [1.82, 2.24) is 9.55 Å². The van der Waals surface area contributed by atoms with Crippen LogP contribution in [0.4, 0.5) is 5.69 Å². The number of ether oxygens (including phenoxy) is 1. The predicted octanol–water partition coefficient (Wildman–Crippen LogP) is 2.50. The number of para-hydroxylation sites is 2. The number of rotatable bonds is 6. The van der Waals surface area contributed by atoms with E-state index in [1.54, 1.807) is 0 Å². The second-order valence-corrected chi connectivity index (χ2v) is 4.17. The molecule has 0 atom stereocenters. The van der Waals surface area contributed by atoms with E-state index in [4.69, 9.17) is 10.5 Å². The molecule has 4 nitrogen and oxygen atoms in total. The first kappa shape index (κ1) is 12.5. The zero-order valence-corrected chi connectivity index (χ0v) is 10.7. The molecule has 18 heavy (non-hydrogen) atoms. The first-order valence-electron chi connectivity index (χ1n) is 6.28. The summed E-state index contributed by atoms with van der Waals surface area (Å²) in [6.45, 7) is 3.55. The second kappa shape index (κ2) is 6.10. The highest BCUT2D eigenvalue weighted by atomic mass is 16.5. The molecule has 2 aromatic rings. The summed E-state index contributed by atoms with van der Waals surface area (Å²) < 4.78 is 7.80. The summed E-state index contributed by atoms with van der Waals surface area (Å²) in [6.07, 6.45) is 5.93. The first-order valence-corrected chi connectivity index (χ1v) is 6.28. The van der Waals surface area contributed by atoms with E-state index in [2.05, 4.69) is 16.5 Å². The maximum Gasteiger partial charge on any atom is 0.142 e. The van der Waals surface area contributed by atoms with Crippen molar-refractivity contribution in [3.8, 4) is 5.75 Å². The molecule has 2 rings (SSSR count). The molecule has 96 valence electrons. The molecule has 1 heterocycles. The van der Waals surface area contributed by atoms with Crippen LogP contribution < -0.4 is 10.5 Å². The number of imidazole rings is 1. The lowest BCUT2D eigenvalue weighted by Gasteiger charge is -2.10. The standard InChI is InChI=1S/C14H19N3O/c1-2-5-14-16-8-9-17(14)10-11-18-13-7-4-3-6-12(13)15/h3-4,6-9H,2,5,10-11,15H2,1H3. The Hall–Kier alpha value is -1.97. The Labute approximate surface area is 107 Å². The third-order valence-electron chi connectivity index (χ3n) is 2.78. The third kappa shape index (κ3) is 3.03. The molecule has 0 saturated carbocycles. The van der Waals surface area contributed by atoms with E-state index in [9.17, 15) is 0 Å². The van der Waals surface area contributed by atoms with Crippen molar-refractivity contribution in [2.75, 3.05) is 12.3 Å². The fourth-order valence-electron chi connectivity index (χ4n) is 1.86. The van der Waals surface area contributed by atoms with Crippen molar-refractivity contribution in [2.24, 2.45) is 0 Å². The van der Waals surface area contributed by atoms with Crippen LogP contribution in [0.15, 0.2) is 36.7 Å². The Kier molecular flexibility index (Phi) is 4.23. The molecule has 4 heteroatoms. The molecule has 0 aliphatic rings. The first-order chi connectivity index (χ1) is 8.81. The lowest BCUT2D eigenvalue weighted by atomic mass is 10.3. The molecule has 0 spiro atoms. The van der Waals surface area contributed by atoms with Gasteiger partial charge in [-0.05, 0) is 18.6 Å². The molecule has 2 N–H and O–H groups in total. The number of benzene rings is 1. The number of anilines is 1. The van der Waals surface area contributed by atoms with Crippen molar-refractivity contribution in [3.63, 3.8) is 0 Å². The Bertz CT molecular complexity index is 493. The van der Waals surface area contributed by atoms with Gasteiger partial charge in [0.2, 0.25) is 0 Å². The summed E-state index contributed by atoms with van der Waals surface area (Å²) in [5.41, 5.74) is 6.49. The van der Waals surface area contributed by atoms with Crippen molar-refractivity contribution >= 4 is 5.69 Å². The van der Waals surface area contributed by atoms with Crippen LogP contribution in [0.3, 0.4) is 0 Å². The maximum atomic E-state index is 5.81. The summed E-state index contributed by atoms with van der Waals surface area (Å²) in [5, 5.41) is 0. The smallest absolute Gasteiger partial charge is 0.142 e. The van der Waals surface area contributed by atoms with E-state index in [1.807, 2.05) is 36.7 Å². The largest absolute Gasteiger partial charge is 0.490 e. The topological polar surface area (TPSA) is 53.1 Å². The van der Waals surface area contributed by atoms with Gasteiger partial charge in [0, 0.05) is 18.8 Å². The minimum atomic E-state index is 0.598. The van der Waals surface area contributed by atoms with Crippen LogP contribution in [-0.2, 0) is 13.0 Å². The lowest BCUT2D eigenvalue weighted by molar-refractivity contribution is 0.297. The van der Waals surface area contributed by atoms with Crippen molar-refractivity contribution < 1.29 is 4.74 Å². The molecule has 0 unspecified atom stereocenters. The summed E-state index contributed by atoms with van der Waals surface area (Å²) in [4.78, 5) is 4.33. The molecule has 0 fully saturated rings. The molecule has 0 radical (unpaired) electrons. The van der Waals surface area contributed by atoms with Crippen LogP contribution in [0, 0.1) is 0 Å². The number of nitrogen functional groups attached to an aromatic ring is 1. The van der Waals surface area contributed by atoms with Gasteiger partial charge in [-0.15, -0.1) is 0 Å². The van der Waals surface area contributed by atoms with Crippen LogP contribution >= 0.6 is 0 Å². The number of aromatic nitrogens is 2. The monoisotopic (exact) mass is 245 g/mol. The summed E-state index contributed by atoms with van der Waals surface area (Å²) >= 11 is 0. The molecule has 0 aliphatic carbocycles. The number of nitrogens with two attached hydrogens (primary N) is 1. The normalized spacial score (nSPS) is 10.5. The van der Waals surface area contributed by atoms with E-state index in [1.165, 1.54) is 0 Å². The van der Waals surface area contributed by atoms with Gasteiger partial charge in [-0.2, -0.15) is 0 Å². The van der Waals surface area contributed by atoms with E-state index in [0.717, 1.165) is 31.0 Å². The average Bonchev–Trinajstić information content (AvgIpc) is 2.80. The van der Waals surface area contributed by atoms with E-state index < -0.39 is 0 Å². The molecular formula is C14H19N3O. The van der Waals surface area contributed by atoms with Gasteiger partial charge in [-0.1, -0.05) is 19.1 Å². The van der Waals surface area contributed by atoms with Crippen molar-refractivity contribution in [3.05, 3.63) is 42.5 Å². The molecular weight excluding hydrogens is 226 g/mol. The van der Waals surface area contributed by atoms with E-state index >= 15 is 0 Å².